The molecule has 1 aromatic carbocycles. The van der Waals surface area contributed by atoms with Crippen LogP contribution in [0.5, 0.6) is 0 Å². The Hall–Kier alpha value is -2.22. The molecule has 0 bridgehead atoms. The van der Waals surface area contributed by atoms with Crippen LogP contribution in [0.1, 0.15) is 19.4 Å². The molecule has 0 aliphatic heterocycles. The number of aliphatic carboxylic acids is 1. The molecule has 4 N–H and O–H groups in total. The highest BCUT2D eigenvalue weighted by Crippen LogP contribution is 2.28. The smallest absolute Gasteiger partial charge is 0.337 e. The molecular weight excluding hydrogens is 286 g/mol. The Kier molecular flexibility index (Phi) is 4.84. The van der Waals surface area contributed by atoms with Gasteiger partial charge in [0.1, 0.15) is 0 Å². The fourth-order valence-electron chi connectivity index (χ4n) is 1.37. The first kappa shape index (κ1) is 16.8. The summed E-state index contributed by atoms with van der Waals surface area (Å²) < 4.78 is 26.3. The summed E-state index contributed by atoms with van der Waals surface area (Å²) in [6.07, 6.45) is 0. The van der Waals surface area contributed by atoms with Gasteiger partial charge in [0.05, 0.1) is 6.54 Å². The highest BCUT2D eigenvalue weighted by atomic mass is 19.3. The van der Waals surface area contributed by atoms with Gasteiger partial charge in [-0.05, 0) is 19.1 Å². The fourth-order valence-corrected chi connectivity index (χ4v) is 1.37. The summed E-state index contributed by atoms with van der Waals surface area (Å²) in [5, 5.41) is 22.5. The SMILES string of the molecule is CC(O)(CNC(=O)Nc1cccc(C(C)(F)F)c1)C(=O)O. The molecule has 21 heavy (non-hydrogen) atoms. The monoisotopic (exact) mass is 302 g/mol. The molecule has 0 saturated heterocycles. The van der Waals surface area contributed by atoms with Crippen molar-refractivity contribution in [1.82, 2.24) is 5.32 Å². The molecular formula is C13H16F2N2O4. The number of urea groups is 1. The van der Waals surface area contributed by atoms with Gasteiger partial charge in [-0.15, -0.1) is 0 Å². The zero-order valence-corrected chi connectivity index (χ0v) is 11.5. The average molecular weight is 302 g/mol. The number of carbonyl (C=O) groups excluding carboxylic acids is 1. The predicted molar refractivity (Wildman–Crippen MR) is 71.3 cm³/mol. The summed E-state index contributed by atoms with van der Waals surface area (Å²) in [5.74, 6) is -4.53. The Balaban J connectivity index is 2.66. The van der Waals surface area contributed by atoms with E-state index < -0.39 is 30.1 Å². The fraction of sp³-hybridized carbons (Fsp3) is 0.385. The minimum Gasteiger partial charge on any atom is -0.479 e. The molecule has 0 spiro atoms. The second-order valence-electron chi connectivity index (χ2n) is 4.86. The summed E-state index contributed by atoms with van der Waals surface area (Å²) in [5.41, 5.74) is -2.25. The normalized spacial score (nSPS) is 14.1. The molecule has 0 aliphatic rings. The van der Waals surface area contributed by atoms with Gasteiger partial charge in [-0.25, -0.2) is 18.4 Å². The summed E-state index contributed by atoms with van der Waals surface area (Å²) >= 11 is 0. The number of halogens is 2. The van der Waals surface area contributed by atoms with Gasteiger partial charge in [-0.1, -0.05) is 12.1 Å². The number of benzene rings is 1. The summed E-state index contributed by atoms with van der Waals surface area (Å²) in [7, 11) is 0. The van der Waals surface area contributed by atoms with E-state index in [1.165, 1.54) is 18.2 Å². The molecule has 1 atom stereocenters. The Bertz CT molecular complexity index is 541. The van der Waals surface area contributed by atoms with Crippen LogP contribution in [0, 0.1) is 0 Å². The Morgan fingerprint density at radius 2 is 1.90 bits per heavy atom. The van der Waals surface area contributed by atoms with Crippen molar-refractivity contribution in [2.45, 2.75) is 25.4 Å². The van der Waals surface area contributed by atoms with Crippen LogP contribution in [0.25, 0.3) is 0 Å². The topological polar surface area (TPSA) is 98.7 Å². The maximum atomic E-state index is 13.1. The Labute approximate surface area is 119 Å². The molecule has 0 saturated carbocycles. The molecule has 6 nitrogen and oxygen atoms in total. The lowest BCUT2D eigenvalue weighted by Crippen LogP contribution is -2.47. The highest BCUT2D eigenvalue weighted by molar-refractivity contribution is 5.90. The van der Waals surface area contributed by atoms with Gasteiger partial charge in [0, 0.05) is 18.2 Å². The molecule has 0 aliphatic carbocycles. The van der Waals surface area contributed by atoms with E-state index in [1.54, 1.807) is 0 Å². The largest absolute Gasteiger partial charge is 0.479 e. The standard InChI is InChI=1S/C13H16F2N2O4/c1-12(21,10(18)19)7-16-11(20)17-9-5-3-4-8(6-9)13(2,14)15/h3-6,21H,7H2,1-2H3,(H,18,19)(H2,16,17,20). The van der Waals surface area contributed by atoms with E-state index in [2.05, 4.69) is 10.6 Å². The van der Waals surface area contributed by atoms with E-state index in [0.29, 0.717) is 0 Å². The quantitative estimate of drug-likeness (QED) is 0.666. The van der Waals surface area contributed by atoms with Crippen molar-refractivity contribution in [1.29, 1.82) is 0 Å². The first-order chi connectivity index (χ1) is 9.52. The first-order valence-corrected chi connectivity index (χ1v) is 6.01. The van der Waals surface area contributed by atoms with Crippen LogP contribution in [0.4, 0.5) is 19.3 Å². The van der Waals surface area contributed by atoms with Crippen molar-refractivity contribution >= 4 is 17.7 Å². The predicted octanol–water partition coefficient (Wildman–Crippen LogP) is 1.76. The van der Waals surface area contributed by atoms with Crippen LogP contribution >= 0.6 is 0 Å². The molecule has 1 aromatic rings. The molecule has 116 valence electrons. The number of alkyl halides is 2. The molecule has 8 heteroatoms. The van der Waals surface area contributed by atoms with E-state index >= 15 is 0 Å². The van der Waals surface area contributed by atoms with Crippen molar-refractivity contribution in [2.24, 2.45) is 0 Å². The third-order valence-corrected chi connectivity index (χ3v) is 2.68. The van der Waals surface area contributed by atoms with Crippen LogP contribution in [0.3, 0.4) is 0 Å². The molecule has 0 heterocycles. The number of nitrogens with one attached hydrogen (secondary N) is 2. The third kappa shape index (κ3) is 4.99. The van der Waals surface area contributed by atoms with Crippen LogP contribution in [0.2, 0.25) is 0 Å². The maximum Gasteiger partial charge on any atom is 0.337 e. The number of hydrogen-bond donors (Lipinski definition) is 4. The number of amides is 2. The van der Waals surface area contributed by atoms with Crippen molar-refractivity contribution < 1.29 is 28.6 Å². The summed E-state index contributed by atoms with van der Waals surface area (Å²) in [6, 6.07) is 4.28. The molecule has 1 unspecified atom stereocenters. The van der Waals surface area contributed by atoms with Gasteiger partial charge in [-0.2, -0.15) is 0 Å². The molecule has 1 rings (SSSR count). The van der Waals surface area contributed by atoms with Gasteiger partial charge >= 0.3 is 12.0 Å². The van der Waals surface area contributed by atoms with E-state index in [1.807, 2.05) is 0 Å². The lowest BCUT2D eigenvalue weighted by Gasteiger charge is -2.18. The van der Waals surface area contributed by atoms with Crippen molar-refractivity contribution in [3.05, 3.63) is 29.8 Å². The molecule has 0 fully saturated rings. The highest BCUT2D eigenvalue weighted by Gasteiger charge is 2.30. The first-order valence-electron chi connectivity index (χ1n) is 6.01. The van der Waals surface area contributed by atoms with E-state index in [4.69, 9.17) is 5.11 Å². The van der Waals surface area contributed by atoms with E-state index in [9.17, 15) is 23.5 Å². The third-order valence-electron chi connectivity index (χ3n) is 2.68. The van der Waals surface area contributed by atoms with Crippen molar-refractivity contribution in [2.75, 3.05) is 11.9 Å². The van der Waals surface area contributed by atoms with Crippen LogP contribution in [-0.4, -0.2) is 34.4 Å². The van der Waals surface area contributed by atoms with Gasteiger partial charge < -0.3 is 20.8 Å². The number of carbonyl (C=O) groups is 2. The zero-order chi connectivity index (χ0) is 16.3. The number of anilines is 1. The maximum absolute atomic E-state index is 13.1. The second kappa shape index (κ2) is 6.04. The summed E-state index contributed by atoms with van der Waals surface area (Å²) in [6.45, 7) is 1.22. The zero-order valence-electron chi connectivity index (χ0n) is 11.5. The van der Waals surface area contributed by atoms with Crippen LogP contribution < -0.4 is 10.6 Å². The number of carboxylic acids is 1. The number of carboxylic acid groups (broad SMARTS) is 1. The van der Waals surface area contributed by atoms with Gasteiger partial charge in [0.15, 0.2) is 5.60 Å². The second-order valence-corrected chi connectivity index (χ2v) is 4.86. The van der Waals surface area contributed by atoms with E-state index in [-0.39, 0.29) is 11.3 Å². The van der Waals surface area contributed by atoms with Crippen LogP contribution in [0.15, 0.2) is 24.3 Å². The Morgan fingerprint density at radius 1 is 1.29 bits per heavy atom. The number of rotatable bonds is 5. The lowest BCUT2D eigenvalue weighted by atomic mass is 10.1. The van der Waals surface area contributed by atoms with Crippen molar-refractivity contribution in [3.63, 3.8) is 0 Å². The molecule has 0 aromatic heterocycles. The Morgan fingerprint density at radius 3 is 2.43 bits per heavy atom. The molecule has 2 amide bonds. The minimum absolute atomic E-state index is 0.126. The van der Waals surface area contributed by atoms with Crippen LogP contribution in [-0.2, 0) is 10.7 Å². The summed E-state index contributed by atoms with van der Waals surface area (Å²) in [4.78, 5) is 22.2. The lowest BCUT2D eigenvalue weighted by molar-refractivity contribution is -0.155. The molecule has 0 radical (unpaired) electrons. The van der Waals surface area contributed by atoms with Gasteiger partial charge in [0.2, 0.25) is 0 Å². The minimum atomic E-state index is -3.04. The average Bonchev–Trinajstić information content (AvgIpc) is 2.35. The van der Waals surface area contributed by atoms with E-state index in [0.717, 1.165) is 19.9 Å². The van der Waals surface area contributed by atoms with Gasteiger partial charge in [0.25, 0.3) is 5.92 Å². The number of hydrogen-bond acceptors (Lipinski definition) is 3. The number of aliphatic hydroxyl groups is 1. The van der Waals surface area contributed by atoms with Crippen molar-refractivity contribution in [3.8, 4) is 0 Å². The van der Waals surface area contributed by atoms with Gasteiger partial charge in [-0.3, -0.25) is 0 Å².